The zero-order chi connectivity index (χ0) is 14.7. The van der Waals surface area contributed by atoms with Crippen LogP contribution in [0.5, 0.6) is 0 Å². The van der Waals surface area contributed by atoms with Gasteiger partial charge in [-0.15, -0.1) is 0 Å². The molecule has 0 amide bonds. The fraction of sp³-hybridized carbons (Fsp3) is 0.400. The van der Waals surface area contributed by atoms with Crippen LogP contribution in [0.25, 0.3) is 0 Å². The van der Waals surface area contributed by atoms with E-state index < -0.39 is 0 Å². The maximum Gasteiger partial charge on any atom is 0.103 e. The van der Waals surface area contributed by atoms with Gasteiger partial charge in [-0.05, 0) is 31.2 Å². The summed E-state index contributed by atoms with van der Waals surface area (Å²) in [4.78, 5) is 1.22. The molecule has 1 heterocycles. The Balaban J connectivity index is 2.23. The number of nitrogens with one attached hydrogen (secondary N) is 1. The van der Waals surface area contributed by atoms with Crippen LogP contribution in [-0.4, -0.2) is 15.8 Å². The molecule has 1 aromatic carbocycles. The second-order valence-corrected chi connectivity index (χ2v) is 7.06. The molecular formula is C15H20BrN3S. The molecule has 0 spiro atoms. The van der Waals surface area contributed by atoms with Crippen molar-refractivity contribution >= 4 is 27.7 Å². The van der Waals surface area contributed by atoms with Gasteiger partial charge in [-0.25, -0.2) is 0 Å². The van der Waals surface area contributed by atoms with Crippen molar-refractivity contribution < 1.29 is 0 Å². The van der Waals surface area contributed by atoms with Crippen molar-refractivity contribution in [1.29, 1.82) is 0 Å². The van der Waals surface area contributed by atoms with Crippen LogP contribution in [0.2, 0.25) is 0 Å². The number of aromatic nitrogens is 2. The lowest BCUT2D eigenvalue weighted by Gasteiger charge is -2.10. The maximum absolute atomic E-state index is 4.55. The van der Waals surface area contributed by atoms with Gasteiger partial charge in [-0.1, -0.05) is 41.5 Å². The van der Waals surface area contributed by atoms with Crippen LogP contribution in [0.4, 0.5) is 0 Å². The Labute approximate surface area is 133 Å². The van der Waals surface area contributed by atoms with E-state index in [1.807, 2.05) is 11.7 Å². The number of rotatable bonds is 5. The minimum Gasteiger partial charge on any atom is -0.310 e. The van der Waals surface area contributed by atoms with Gasteiger partial charge < -0.3 is 5.32 Å². The van der Waals surface area contributed by atoms with E-state index in [1.54, 1.807) is 11.8 Å². The molecule has 2 aromatic rings. The third-order valence-corrected chi connectivity index (χ3v) is 4.74. The summed E-state index contributed by atoms with van der Waals surface area (Å²) in [7, 11) is 2.01. The van der Waals surface area contributed by atoms with Crippen LogP contribution in [0, 0.1) is 6.92 Å². The normalized spacial score (nSPS) is 11.3. The summed E-state index contributed by atoms with van der Waals surface area (Å²) < 4.78 is 3.07. The van der Waals surface area contributed by atoms with E-state index in [1.165, 1.54) is 15.5 Å². The highest BCUT2D eigenvalue weighted by atomic mass is 79.9. The molecule has 0 saturated heterocycles. The second-order valence-electron chi connectivity index (χ2n) is 5.08. The van der Waals surface area contributed by atoms with Gasteiger partial charge in [-0.2, -0.15) is 5.10 Å². The van der Waals surface area contributed by atoms with Gasteiger partial charge in [0, 0.05) is 34.6 Å². The van der Waals surface area contributed by atoms with E-state index in [2.05, 4.69) is 71.4 Å². The molecule has 0 aliphatic heterocycles. The van der Waals surface area contributed by atoms with Gasteiger partial charge in [0.05, 0.1) is 5.69 Å². The molecule has 0 aliphatic rings. The summed E-state index contributed by atoms with van der Waals surface area (Å²) in [5.74, 6) is 0. The average Bonchev–Trinajstić information content (AvgIpc) is 2.64. The predicted octanol–water partition coefficient (Wildman–Crippen LogP) is 4.14. The number of benzene rings is 1. The quantitative estimate of drug-likeness (QED) is 0.875. The van der Waals surface area contributed by atoms with Crippen molar-refractivity contribution in [3.8, 4) is 0 Å². The van der Waals surface area contributed by atoms with Crippen LogP contribution in [0.15, 0.2) is 38.7 Å². The molecule has 1 N–H and O–H groups in total. The molecule has 0 aliphatic carbocycles. The lowest BCUT2D eigenvalue weighted by molar-refractivity contribution is 0.580. The van der Waals surface area contributed by atoms with Gasteiger partial charge in [0.1, 0.15) is 5.03 Å². The number of hydrogen-bond donors (Lipinski definition) is 1. The Morgan fingerprint density at radius 2 is 1.95 bits per heavy atom. The van der Waals surface area contributed by atoms with Crippen LogP contribution >= 0.6 is 27.7 Å². The molecule has 2 rings (SSSR count). The molecule has 0 atom stereocenters. The van der Waals surface area contributed by atoms with E-state index in [9.17, 15) is 0 Å². The number of nitrogens with zero attached hydrogens (tertiary/aromatic N) is 2. The van der Waals surface area contributed by atoms with E-state index in [-0.39, 0.29) is 0 Å². The Morgan fingerprint density at radius 3 is 2.55 bits per heavy atom. The zero-order valence-corrected chi connectivity index (χ0v) is 14.7. The monoisotopic (exact) mass is 353 g/mol. The van der Waals surface area contributed by atoms with Gasteiger partial charge >= 0.3 is 0 Å². The maximum atomic E-state index is 4.55. The van der Waals surface area contributed by atoms with Crippen LogP contribution in [0.3, 0.4) is 0 Å². The average molecular weight is 354 g/mol. The van der Waals surface area contributed by atoms with E-state index >= 15 is 0 Å². The molecule has 0 fully saturated rings. The first-order chi connectivity index (χ1) is 9.47. The highest BCUT2D eigenvalue weighted by molar-refractivity contribution is 9.10. The summed E-state index contributed by atoms with van der Waals surface area (Å²) in [6.07, 6.45) is 0. The third-order valence-electron chi connectivity index (χ3n) is 3.00. The van der Waals surface area contributed by atoms with Crippen molar-refractivity contribution in [3.05, 3.63) is 40.0 Å². The lowest BCUT2D eigenvalue weighted by atomic mass is 10.2. The fourth-order valence-corrected chi connectivity index (χ4v) is 3.21. The summed E-state index contributed by atoms with van der Waals surface area (Å²) in [6.45, 7) is 7.25. The van der Waals surface area contributed by atoms with Crippen molar-refractivity contribution in [2.45, 2.75) is 43.3 Å². The van der Waals surface area contributed by atoms with E-state index in [4.69, 9.17) is 0 Å². The van der Waals surface area contributed by atoms with Crippen LogP contribution in [-0.2, 0) is 13.6 Å². The van der Waals surface area contributed by atoms with Gasteiger partial charge in [-0.3, -0.25) is 4.68 Å². The minimum absolute atomic E-state index is 0.472. The summed E-state index contributed by atoms with van der Waals surface area (Å²) >= 11 is 5.23. The lowest BCUT2D eigenvalue weighted by Crippen LogP contribution is -2.22. The van der Waals surface area contributed by atoms with Crippen molar-refractivity contribution in [2.24, 2.45) is 7.05 Å². The molecule has 0 radical (unpaired) electrons. The van der Waals surface area contributed by atoms with Crippen molar-refractivity contribution in [1.82, 2.24) is 15.1 Å². The fourth-order valence-electron chi connectivity index (χ4n) is 1.93. The SMILES string of the molecule is Cc1nn(C)c(Sc2ccc(Br)cc2)c1CNC(C)C. The van der Waals surface area contributed by atoms with Crippen molar-refractivity contribution in [3.63, 3.8) is 0 Å². The van der Waals surface area contributed by atoms with E-state index in [0.717, 1.165) is 16.7 Å². The smallest absolute Gasteiger partial charge is 0.103 e. The summed E-state index contributed by atoms with van der Waals surface area (Å²) in [5, 5.41) is 9.23. The number of hydrogen-bond acceptors (Lipinski definition) is 3. The Bertz CT molecular complexity index is 576. The molecule has 0 saturated carbocycles. The first kappa shape index (κ1) is 15.6. The summed E-state index contributed by atoms with van der Waals surface area (Å²) in [5.41, 5.74) is 2.38. The Kier molecular flexibility index (Phi) is 5.29. The Hall–Kier alpha value is -0.780. The van der Waals surface area contributed by atoms with Gasteiger partial charge in [0.25, 0.3) is 0 Å². The first-order valence-corrected chi connectivity index (χ1v) is 8.27. The number of aryl methyl sites for hydroxylation is 2. The minimum atomic E-state index is 0.472. The standard InChI is InChI=1S/C15H20BrN3S/c1-10(2)17-9-14-11(3)18-19(4)15(14)20-13-7-5-12(16)6-8-13/h5-8,10,17H,9H2,1-4H3. The first-order valence-electron chi connectivity index (χ1n) is 6.66. The van der Waals surface area contributed by atoms with E-state index in [0.29, 0.717) is 6.04 Å². The zero-order valence-electron chi connectivity index (χ0n) is 12.3. The second kappa shape index (κ2) is 6.78. The van der Waals surface area contributed by atoms with Crippen molar-refractivity contribution in [2.75, 3.05) is 0 Å². The molecule has 108 valence electrons. The highest BCUT2D eigenvalue weighted by Crippen LogP contribution is 2.32. The predicted molar refractivity (Wildman–Crippen MR) is 88.2 cm³/mol. The molecule has 0 bridgehead atoms. The third kappa shape index (κ3) is 3.87. The number of halogens is 1. The van der Waals surface area contributed by atoms with Crippen LogP contribution < -0.4 is 5.32 Å². The molecule has 0 unspecified atom stereocenters. The topological polar surface area (TPSA) is 29.9 Å². The molecule has 1 aromatic heterocycles. The van der Waals surface area contributed by atoms with Gasteiger partial charge in [0.2, 0.25) is 0 Å². The highest BCUT2D eigenvalue weighted by Gasteiger charge is 2.14. The largest absolute Gasteiger partial charge is 0.310 e. The Morgan fingerprint density at radius 1 is 1.30 bits per heavy atom. The van der Waals surface area contributed by atoms with Crippen LogP contribution in [0.1, 0.15) is 25.1 Å². The molecule has 3 nitrogen and oxygen atoms in total. The molecular weight excluding hydrogens is 334 g/mol. The van der Waals surface area contributed by atoms with Gasteiger partial charge in [0.15, 0.2) is 0 Å². The molecule has 20 heavy (non-hydrogen) atoms. The molecule has 5 heteroatoms. The summed E-state index contributed by atoms with van der Waals surface area (Å²) in [6, 6.07) is 8.85.